The van der Waals surface area contributed by atoms with Crippen molar-refractivity contribution in [3.8, 4) is 5.75 Å². The van der Waals surface area contributed by atoms with E-state index in [-0.39, 0.29) is 12.5 Å². The van der Waals surface area contributed by atoms with Crippen LogP contribution in [0.1, 0.15) is 16.8 Å². The maximum absolute atomic E-state index is 12.4. The number of benzene rings is 2. The van der Waals surface area contributed by atoms with Gasteiger partial charge in [-0.25, -0.2) is 4.98 Å². The lowest BCUT2D eigenvalue weighted by atomic mass is 10.1. The summed E-state index contributed by atoms with van der Waals surface area (Å²) in [7, 11) is 1.79. The topological polar surface area (TPSA) is 42.4 Å². The zero-order valence-electron chi connectivity index (χ0n) is 14.8. The molecule has 0 N–H and O–H groups in total. The third-order valence-corrected chi connectivity index (χ3v) is 4.14. The van der Waals surface area contributed by atoms with Crippen LogP contribution in [0.3, 0.4) is 0 Å². The molecule has 0 atom stereocenters. The average Bonchev–Trinajstić information content (AvgIpc) is 2.61. The summed E-state index contributed by atoms with van der Waals surface area (Å²) >= 11 is 0. The largest absolute Gasteiger partial charge is 0.481 e. The van der Waals surface area contributed by atoms with Gasteiger partial charge in [0.05, 0.1) is 0 Å². The van der Waals surface area contributed by atoms with Crippen LogP contribution in [0.15, 0.2) is 54.6 Å². The van der Waals surface area contributed by atoms with Crippen LogP contribution >= 0.6 is 0 Å². The van der Waals surface area contributed by atoms with Crippen molar-refractivity contribution in [2.24, 2.45) is 0 Å². The number of nitrogens with zero attached hydrogens (tertiary/aromatic N) is 2. The number of carbonyl (C=O) groups excluding carboxylic acids is 1. The molecule has 0 saturated carbocycles. The van der Waals surface area contributed by atoms with Gasteiger partial charge in [-0.1, -0.05) is 48.0 Å². The lowest BCUT2D eigenvalue weighted by molar-refractivity contribution is -0.132. The number of amides is 1. The number of aryl methyl sites for hydroxylation is 2. The van der Waals surface area contributed by atoms with E-state index in [1.807, 2.05) is 68.4 Å². The first-order valence-corrected chi connectivity index (χ1v) is 8.31. The molecule has 1 heterocycles. The van der Waals surface area contributed by atoms with E-state index in [9.17, 15) is 4.79 Å². The van der Waals surface area contributed by atoms with E-state index in [2.05, 4.69) is 4.98 Å². The molecule has 0 saturated heterocycles. The van der Waals surface area contributed by atoms with Crippen LogP contribution in [0.25, 0.3) is 10.9 Å². The average molecular weight is 334 g/mol. The Morgan fingerprint density at radius 2 is 1.80 bits per heavy atom. The number of rotatable bonds is 5. The lowest BCUT2D eigenvalue weighted by Crippen LogP contribution is -2.31. The Kier molecular flexibility index (Phi) is 4.98. The Morgan fingerprint density at radius 3 is 2.56 bits per heavy atom. The van der Waals surface area contributed by atoms with E-state index in [0.717, 1.165) is 22.2 Å². The fraction of sp³-hybridized carbons (Fsp3) is 0.238. The fourth-order valence-electron chi connectivity index (χ4n) is 2.64. The molecule has 0 aliphatic rings. The van der Waals surface area contributed by atoms with Crippen molar-refractivity contribution in [2.45, 2.75) is 20.4 Å². The summed E-state index contributed by atoms with van der Waals surface area (Å²) in [6.07, 6.45) is 0. The molecule has 128 valence electrons. The fourth-order valence-corrected chi connectivity index (χ4v) is 2.64. The van der Waals surface area contributed by atoms with Crippen molar-refractivity contribution in [2.75, 3.05) is 13.7 Å². The molecule has 0 aliphatic carbocycles. The summed E-state index contributed by atoms with van der Waals surface area (Å²) in [4.78, 5) is 18.6. The normalized spacial score (nSPS) is 10.7. The van der Waals surface area contributed by atoms with E-state index in [0.29, 0.717) is 12.3 Å². The molecule has 0 fully saturated rings. The van der Waals surface area contributed by atoms with Crippen LogP contribution in [0, 0.1) is 13.8 Å². The number of likely N-dealkylation sites (N-methyl/N-ethyl adjacent to an activating group) is 1. The number of hydrogen-bond acceptors (Lipinski definition) is 3. The Bertz CT molecular complexity index is 888. The van der Waals surface area contributed by atoms with E-state index in [4.69, 9.17) is 4.74 Å². The minimum Gasteiger partial charge on any atom is -0.481 e. The van der Waals surface area contributed by atoms with Gasteiger partial charge in [0.15, 0.2) is 6.61 Å². The summed E-state index contributed by atoms with van der Waals surface area (Å²) in [5.74, 6) is 0.573. The first-order chi connectivity index (χ1) is 12.0. The van der Waals surface area contributed by atoms with Crippen molar-refractivity contribution >= 4 is 16.8 Å². The van der Waals surface area contributed by atoms with Crippen molar-refractivity contribution in [1.82, 2.24) is 9.88 Å². The minimum absolute atomic E-state index is 0.00288. The molecule has 0 unspecified atom stereocenters. The van der Waals surface area contributed by atoms with E-state index in [1.54, 1.807) is 11.9 Å². The van der Waals surface area contributed by atoms with Crippen molar-refractivity contribution in [3.05, 3.63) is 71.4 Å². The Balaban J connectivity index is 1.65. The molecular formula is C21H22N2O2. The van der Waals surface area contributed by atoms with Gasteiger partial charge in [-0.3, -0.25) is 4.79 Å². The molecule has 1 amide bonds. The molecule has 3 rings (SSSR count). The second-order valence-electron chi connectivity index (χ2n) is 6.30. The first-order valence-electron chi connectivity index (χ1n) is 8.31. The zero-order chi connectivity index (χ0) is 17.8. The maximum atomic E-state index is 12.4. The van der Waals surface area contributed by atoms with Gasteiger partial charge in [-0.2, -0.15) is 0 Å². The van der Waals surface area contributed by atoms with Crippen LogP contribution in [-0.2, 0) is 11.3 Å². The third-order valence-electron chi connectivity index (χ3n) is 4.14. The highest BCUT2D eigenvalue weighted by molar-refractivity contribution is 5.85. The lowest BCUT2D eigenvalue weighted by Gasteiger charge is -2.18. The van der Waals surface area contributed by atoms with Crippen molar-refractivity contribution in [1.29, 1.82) is 0 Å². The second kappa shape index (κ2) is 7.34. The Morgan fingerprint density at radius 1 is 1.04 bits per heavy atom. The standard InChI is InChI=1S/C21H22N2O2/c1-15-7-10-17(11-8-15)13-23(3)20(24)14-25-19-6-4-5-18-12-9-16(2)22-21(18)19/h4-12H,13-14H2,1-3H3. The maximum Gasteiger partial charge on any atom is 0.260 e. The monoisotopic (exact) mass is 334 g/mol. The van der Waals surface area contributed by atoms with Crippen molar-refractivity contribution in [3.63, 3.8) is 0 Å². The summed E-state index contributed by atoms with van der Waals surface area (Å²) in [5, 5.41) is 1.00. The van der Waals surface area contributed by atoms with Gasteiger partial charge in [-0.15, -0.1) is 0 Å². The quantitative estimate of drug-likeness (QED) is 0.711. The van der Waals surface area contributed by atoms with Crippen LogP contribution < -0.4 is 4.74 Å². The second-order valence-corrected chi connectivity index (χ2v) is 6.30. The van der Waals surface area contributed by atoms with Gasteiger partial charge in [0.1, 0.15) is 11.3 Å². The zero-order valence-corrected chi connectivity index (χ0v) is 14.8. The number of para-hydroxylation sites is 1. The molecular weight excluding hydrogens is 312 g/mol. The smallest absolute Gasteiger partial charge is 0.260 e. The summed E-state index contributed by atoms with van der Waals surface area (Å²) in [6, 6.07) is 17.9. The Labute approximate surface area is 148 Å². The number of carbonyl (C=O) groups is 1. The van der Waals surface area contributed by atoms with Crippen LogP contribution in [0.4, 0.5) is 0 Å². The van der Waals surface area contributed by atoms with E-state index in [1.165, 1.54) is 5.56 Å². The van der Waals surface area contributed by atoms with Crippen LogP contribution in [-0.4, -0.2) is 29.4 Å². The predicted octanol–water partition coefficient (Wildman–Crippen LogP) is 3.89. The van der Waals surface area contributed by atoms with Crippen molar-refractivity contribution < 1.29 is 9.53 Å². The summed E-state index contributed by atoms with van der Waals surface area (Å²) in [5.41, 5.74) is 4.02. The molecule has 3 aromatic rings. The molecule has 4 nitrogen and oxygen atoms in total. The number of aromatic nitrogens is 1. The van der Waals surface area contributed by atoms with Crippen LogP contribution in [0.5, 0.6) is 5.75 Å². The Hall–Kier alpha value is -2.88. The molecule has 0 radical (unpaired) electrons. The van der Waals surface area contributed by atoms with Gasteiger partial charge in [0, 0.05) is 24.7 Å². The number of pyridine rings is 1. The third kappa shape index (κ3) is 4.15. The van der Waals surface area contributed by atoms with Gasteiger partial charge in [0.2, 0.25) is 0 Å². The van der Waals surface area contributed by atoms with Crippen LogP contribution in [0.2, 0.25) is 0 Å². The molecule has 4 heteroatoms. The molecule has 0 aliphatic heterocycles. The summed E-state index contributed by atoms with van der Waals surface area (Å²) in [6.45, 7) is 4.55. The number of ether oxygens (including phenoxy) is 1. The SMILES string of the molecule is Cc1ccc(CN(C)C(=O)COc2cccc3ccc(C)nc23)cc1. The number of fused-ring (bicyclic) bond motifs is 1. The highest BCUT2D eigenvalue weighted by atomic mass is 16.5. The highest BCUT2D eigenvalue weighted by Crippen LogP contribution is 2.24. The molecule has 2 aromatic carbocycles. The minimum atomic E-state index is -0.0646. The predicted molar refractivity (Wildman–Crippen MR) is 99.6 cm³/mol. The molecule has 0 bridgehead atoms. The van der Waals surface area contributed by atoms with E-state index >= 15 is 0 Å². The first kappa shape index (κ1) is 17.0. The van der Waals surface area contributed by atoms with Gasteiger partial charge >= 0.3 is 0 Å². The highest BCUT2D eigenvalue weighted by Gasteiger charge is 2.12. The van der Waals surface area contributed by atoms with Gasteiger partial charge in [0.25, 0.3) is 5.91 Å². The molecule has 0 spiro atoms. The molecule has 1 aromatic heterocycles. The van der Waals surface area contributed by atoms with Gasteiger partial charge in [-0.05, 0) is 31.5 Å². The molecule has 25 heavy (non-hydrogen) atoms. The van der Waals surface area contributed by atoms with E-state index < -0.39 is 0 Å². The van der Waals surface area contributed by atoms with Gasteiger partial charge < -0.3 is 9.64 Å². The summed E-state index contributed by atoms with van der Waals surface area (Å²) < 4.78 is 5.76. The number of hydrogen-bond donors (Lipinski definition) is 0.